The number of carbonyl (C=O) groups is 4. The van der Waals surface area contributed by atoms with Crippen LogP contribution in [0.25, 0.3) is 6.08 Å². The van der Waals surface area contributed by atoms with Crippen molar-refractivity contribution in [2.45, 2.75) is 141 Å². The maximum atomic E-state index is 13.9. The summed E-state index contributed by atoms with van der Waals surface area (Å²) in [5.41, 5.74) is 2.66. The molecule has 0 radical (unpaired) electrons. The molecular weight excluding hydrogens is 692 g/mol. The highest BCUT2D eigenvalue weighted by Crippen LogP contribution is 2.59. The van der Waals surface area contributed by atoms with Crippen molar-refractivity contribution >= 4 is 29.8 Å². The number of rotatable bonds is 12. The average Bonchev–Trinajstić information content (AvgIpc) is 3.47. The minimum Gasteiger partial charge on any atom is -0.460 e. The first-order chi connectivity index (χ1) is 25.5. The molecule has 54 heavy (non-hydrogen) atoms. The molecule has 296 valence electrons. The summed E-state index contributed by atoms with van der Waals surface area (Å²) in [7, 11) is 0. The maximum Gasteiger partial charge on any atom is 0.339 e. The van der Waals surface area contributed by atoms with Crippen LogP contribution in [0.1, 0.15) is 115 Å². The zero-order valence-corrected chi connectivity index (χ0v) is 32.6. The highest BCUT2D eigenvalue weighted by molar-refractivity contribution is 5.95. The molecule has 5 aliphatic rings. The van der Waals surface area contributed by atoms with Gasteiger partial charge in [0.15, 0.2) is 0 Å². The first-order valence-electron chi connectivity index (χ1n) is 19.6. The normalized spacial score (nSPS) is 31.1. The van der Waals surface area contributed by atoms with Crippen molar-refractivity contribution in [3.05, 3.63) is 52.6 Å². The third-order valence-electron chi connectivity index (χ3n) is 11.8. The second kappa shape index (κ2) is 16.3. The number of nitrogens with one attached hydrogen (secondary N) is 2. The fourth-order valence-electron chi connectivity index (χ4n) is 8.74. The summed E-state index contributed by atoms with van der Waals surface area (Å²) in [6.45, 7) is 12.0. The van der Waals surface area contributed by atoms with Gasteiger partial charge in [0.1, 0.15) is 30.7 Å². The van der Waals surface area contributed by atoms with Crippen LogP contribution in [0.2, 0.25) is 0 Å². The molecule has 3 N–H and O–H groups in total. The maximum absolute atomic E-state index is 13.9. The SMILES string of the molecule is CC(C)(C)OC(=O)CC[C@@H](CO)NC(=O)CCNC(=O)C1=C[C@H]2OCO[C@H]2[C@H](OC(=O)c2ccccc2C=C2CCC3O[C@]3(C)CC[C@@H]3[C@@H]2CC3(C)C)C1. The first-order valence-corrected chi connectivity index (χ1v) is 19.6. The molecule has 0 aromatic heterocycles. The van der Waals surface area contributed by atoms with E-state index < -0.39 is 47.8 Å². The quantitative estimate of drug-likeness (QED) is 0.192. The van der Waals surface area contributed by atoms with Gasteiger partial charge in [-0.2, -0.15) is 0 Å². The number of fused-ring (bicyclic) bond motifs is 3. The van der Waals surface area contributed by atoms with Crippen LogP contribution in [0.5, 0.6) is 0 Å². The van der Waals surface area contributed by atoms with Crippen LogP contribution in [0, 0.1) is 17.3 Å². The Bertz CT molecular complexity index is 1640. The number of benzene rings is 1. The molecule has 2 heterocycles. The van der Waals surface area contributed by atoms with Crippen LogP contribution in [0.3, 0.4) is 0 Å². The van der Waals surface area contributed by atoms with E-state index in [1.807, 2.05) is 18.2 Å². The average molecular weight is 751 g/mol. The van der Waals surface area contributed by atoms with Gasteiger partial charge in [-0.25, -0.2) is 4.79 Å². The van der Waals surface area contributed by atoms with Gasteiger partial charge in [-0.3, -0.25) is 14.4 Å². The van der Waals surface area contributed by atoms with Crippen LogP contribution in [-0.2, 0) is 38.1 Å². The van der Waals surface area contributed by atoms with Crippen LogP contribution in [0.4, 0.5) is 0 Å². The first kappa shape index (κ1) is 40.1. The van der Waals surface area contributed by atoms with Gasteiger partial charge < -0.3 is 39.4 Å². The summed E-state index contributed by atoms with van der Waals surface area (Å²) < 4.78 is 29.1. The lowest BCUT2D eigenvalue weighted by Crippen LogP contribution is -2.45. The zero-order valence-electron chi connectivity index (χ0n) is 32.6. The number of ether oxygens (including phenoxy) is 5. The molecule has 1 aromatic rings. The minimum atomic E-state index is -0.763. The lowest BCUT2D eigenvalue weighted by molar-refractivity contribution is -0.155. The van der Waals surface area contributed by atoms with E-state index in [2.05, 4.69) is 37.5 Å². The lowest BCUT2D eigenvalue weighted by atomic mass is 9.52. The van der Waals surface area contributed by atoms with E-state index in [0.717, 1.165) is 37.7 Å². The smallest absolute Gasteiger partial charge is 0.339 e. The van der Waals surface area contributed by atoms with Gasteiger partial charge in [0.2, 0.25) is 11.8 Å². The molecule has 1 unspecified atom stereocenters. The summed E-state index contributed by atoms with van der Waals surface area (Å²) in [6, 6.07) is 6.89. The van der Waals surface area contributed by atoms with Gasteiger partial charge in [-0.15, -0.1) is 0 Å². The van der Waals surface area contributed by atoms with Gasteiger partial charge in [0.25, 0.3) is 0 Å². The molecule has 3 aliphatic carbocycles. The van der Waals surface area contributed by atoms with E-state index in [9.17, 15) is 24.3 Å². The molecule has 2 amide bonds. The molecule has 4 fully saturated rings. The number of aliphatic hydroxyl groups is 1. The zero-order chi connectivity index (χ0) is 38.8. The van der Waals surface area contributed by atoms with Crippen molar-refractivity contribution in [2.75, 3.05) is 19.9 Å². The predicted molar refractivity (Wildman–Crippen MR) is 200 cm³/mol. The predicted octanol–water partition coefficient (Wildman–Crippen LogP) is 5.17. The van der Waals surface area contributed by atoms with Crippen molar-refractivity contribution in [1.29, 1.82) is 0 Å². The Kier molecular flexibility index (Phi) is 12.1. The summed E-state index contributed by atoms with van der Waals surface area (Å²) in [4.78, 5) is 51.8. The molecule has 1 aromatic carbocycles. The Balaban J connectivity index is 1.05. The summed E-state index contributed by atoms with van der Waals surface area (Å²) >= 11 is 0. The molecule has 6 rings (SSSR count). The number of allylic oxidation sites excluding steroid dienone is 1. The monoisotopic (exact) mass is 750 g/mol. The lowest BCUT2D eigenvalue weighted by Gasteiger charge is -2.53. The fraction of sp³-hybridized carbons (Fsp3) is 0.667. The molecule has 2 saturated heterocycles. The minimum absolute atomic E-state index is 0.00835. The standard InChI is InChI=1S/C42H58N2O10/c1-40(2,3)54-36(47)14-12-28(23-45)44-35(46)16-18-43-38(48)27-20-32-37(51-24-50-32)33(21-27)52-39(49)29-10-8-7-9-25(29)19-26-11-13-34-42(6,53-34)17-15-31-30(26)22-41(31,4)5/h7-10,19-20,28,30-34,37,45H,11-18,21-24H2,1-6H3,(H,43,48)(H,44,46)/t28-,30+,31+,32+,33+,34?,37+,42+/m0/s1. The van der Waals surface area contributed by atoms with Crippen molar-refractivity contribution in [2.24, 2.45) is 17.3 Å². The summed E-state index contributed by atoms with van der Waals surface area (Å²) in [6.07, 6.45) is 7.89. The molecule has 8 atom stereocenters. The molecular formula is C42H58N2O10. The number of amides is 2. The fourth-order valence-corrected chi connectivity index (χ4v) is 8.74. The van der Waals surface area contributed by atoms with E-state index in [-0.39, 0.29) is 68.7 Å². The second-order valence-electron chi connectivity index (χ2n) is 17.5. The Labute approximate surface area is 318 Å². The van der Waals surface area contributed by atoms with Crippen LogP contribution >= 0.6 is 0 Å². The van der Waals surface area contributed by atoms with E-state index in [0.29, 0.717) is 23.0 Å². The van der Waals surface area contributed by atoms with Gasteiger partial charge in [0.05, 0.1) is 29.9 Å². The Morgan fingerprint density at radius 2 is 1.85 bits per heavy atom. The molecule has 12 heteroatoms. The molecule has 0 bridgehead atoms. The van der Waals surface area contributed by atoms with Crippen molar-refractivity contribution in [3.8, 4) is 0 Å². The number of hydrogen-bond acceptors (Lipinski definition) is 10. The molecule has 2 aliphatic heterocycles. The van der Waals surface area contributed by atoms with E-state index >= 15 is 0 Å². The number of hydrogen-bond donors (Lipinski definition) is 3. The number of epoxide rings is 1. The van der Waals surface area contributed by atoms with Crippen LogP contribution in [-0.4, -0.2) is 90.5 Å². The largest absolute Gasteiger partial charge is 0.460 e. The van der Waals surface area contributed by atoms with E-state index in [1.54, 1.807) is 32.9 Å². The summed E-state index contributed by atoms with van der Waals surface area (Å²) in [5, 5.41) is 15.2. The van der Waals surface area contributed by atoms with E-state index in [1.165, 1.54) is 5.57 Å². The second-order valence-corrected chi connectivity index (χ2v) is 17.5. The molecule has 0 spiro atoms. The Hall–Kier alpha value is -3.58. The number of carbonyl (C=O) groups excluding carboxylic acids is 4. The number of aliphatic hydroxyl groups excluding tert-OH is 1. The van der Waals surface area contributed by atoms with Crippen LogP contribution < -0.4 is 10.6 Å². The molecule has 12 nitrogen and oxygen atoms in total. The summed E-state index contributed by atoms with van der Waals surface area (Å²) in [5.74, 6) is -0.635. The van der Waals surface area contributed by atoms with Crippen molar-refractivity contribution in [1.82, 2.24) is 10.6 Å². The Morgan fingerprint density at radius 3 is 2.59 bits per heavy atom. The Morgan fingerprint density at radius 1 is 1.07 bits per heavy atom. The number of esters is 2. The molecule has 2 saturated carbocycles. The third-order valence-corrected chi connectivity index (χ3v) is 11.8. The van der Waals surface area contributed by atoms with Gasteiger partial charge in [0, 0.05) is 31.4 Å². The van der Waals surface area contributed by atoms with Crippen molar-refractivity contribution in [3.63, 3.8) is 0 Å². The van der Waals surface area contributed by atoms with Gasteiger partial charge >= 0.3 is 11.9 Å². The highest BCUT2D eigenvalue weighted by Gasteiger charge is 2.56. The van der Waals surface area contributed by atoms with Crippen molar-refractivity contribution < 1.29 is 48.0 Å². The topological polar surface area (TPSA) is 162 Å². The van der Waals surface area contributed by atoms with Gasteiger partial charge in [-0.1, -0.05) is 43.7 Å². The highest BCUT2D eigenvalue weighted by atomic mass is 16.7. The van der Waals surface area contributed by atoms with Crippen LogP contribution in [0.15, 0.2) is 41.5 Å². The van der Waals surface area contributed by atoms with E-state index in [4.69, 9.17) is 23.7 Å². The third kappa shape index (κ3) is 9.61. The van der Waals surface area contributed by atoms with Gasteiger partial charge in [-0.05, 0) is 101 Å².